The molecule has 0 amide bonds. The van der Waals surface area contributed by atoms with Crippen LogP contribution in [0, 0.1) is 5.82 Å². The van der Waals surface area contributed by atoms with Gasteiger partial charge >= 0.3 is 0 Å². The monoisotopic (exact) mass is 264 g/mol. The summed E-state index contributed by atoms with van der Waals surface area (Å²) in [5, 5.41) is 0.427. The number of anilines is 2. The Hall–Kier alpha value is -1.74. The first kappa shape index (κ1) is 12.7. The van der Waals surface area contributed by atoms with Crippen LogP contribution in [-0.2, 0) is 6.54 Å². The van der Waals surface area contributed by atoms with E-state index in [0.29, 0.717) is 22.8 Å². The highest BCUT2D eigenvalue weighted by Crippen LogP contribution is 2.26. The van der Waals surface area contributed by atoms with Crippen LogP contribution in [0.3, 0.4) is 0 Å². The molecule has 0 aromatic heterocycles. The Morgan fingerprint density at radius 3 is 2.56 bits per heavy atom. The number of nitrogens with zero attached hydrogens (tertiary/aromatic N) is 1. The van der Waals surface area contributed by atoms with Crippen molar-refractivity contribution in [2.24, 2.45) is 0 Å². The van der Waals surface area contributed by atoms with Gasteiger partial charge in [-0.1, -0.05) is 29.8 Å². The third kappa shape index (κ3) is 2.57. The zero-order valence-corrected chi connectivity index (χ0v) is 10.8. The smallest absolute Gasteiger partial charge is 0.129 e. The zero-order chi connectivity index (χ0) is 13.1. The van der Waals surface area contributed by atoms with Gasteiger partial charge in [-0.15, -0.1) is 0 Å². The van der Waals surface area contributed by atoms with Gasteiger partial charge in [0.25, 0.3) is 0 Å². The van der Waals surface area contributed by atoms with Crippen LogP contribution in [-0.4, -0.2) is 7.05 Å². The van der Waals surface area contributed by atoms with Crippen LogP contribution in [0.5, 0.6) is 0 Å². The Kier molecular flexibility index (Phi) is 3.72. The van der Waals surface area contributed by atoms with Crippen LogP contribution in [0.2, 0.25) is 5.02 Å². The van der Waals surface area contributed by atoms with Crippen LogP contribution < -0.4 is 10.6 Å². The Morgan fingerprint density at radius 2 is 1.89 bits per heavy atom. The minimum atomic E-state index is -0.302. The SMILES string of the molecule is CN(Cc1c(F)cccc1Cl)c1ccccc1N. The van der Waals surface area contributed by atoms with Gasteiger partial charge in [-0.05, 0) is 24.3 Å². The number of hydrogen-bond acceptors (Lipinski definition) is 2. The van der Waals surface area contributed by atoms with Gasteiger partial charge in [0.2, 0.25) is 0 Å². The molecular formula is C14H14ClFN2. The van der Waals surface area contributed by atoms with E-state index in [2.05, 4.69) is 0 Å². The highest BCUT2D eigenvalue weighted by Gasteiger charge is 2.11. The number of halogens is 2. The van der Waals surface area contributed by atoms with Crippen molar-refractivity contribution in [3.63, 3.8) is 0 Å². The summed E-state index contributed by atoms with van der Waals surface area (Å²) >= 11 is 6.00. The van der Waals surface area contributed by atoms with Crippen molar-refractivity contribution in [3.05, 3.63) is 58.9 Å². The highest BCUT2D eigenvalue weighted by molar-refractivity contribution is 6.31. The second-order valence-electron chi connectivity index (χ2n) is 4.12. The van der Waals surface area contributed by atoms with E-state index < -0.39 is 0 Å². The molecule has 0 atom stereocenters. The third-order valence-electron chi connectivity index (χ3n) is 2.80. The van der Waals surface area contributed by atoms with E-state index in [1.165, 1.54) is 6.07 Å². The number of hydrogen-bond donors (Lipinski definition) is 1. The molecule has 4 heteroatoms. The van der Waals surface area contributed by atoms with E-state index in [1.54, 1.807) is 12.1 Å². The van der Waals surface area contributed by atoms with Crippen LogP contribution >= 0.6 is 11.6 Å². The average molecular weight is 265 g/mol. The fraction of sp³-hybridized carbons (Fsp3) is 0.143. The van der Waals surface area contributed by atoms with E-state index in [0.717, 1.165) is 5.69 Å². The van der Waals surface area contributed by atoms with Crippen molar-refractivity contribution in [1.82, 2.24) is 0 Å². The van der Waals surface area contributed by atoms with Crippen molar-refractivity contribution in [2.75, 3.05) is 17.7 Å². The summed E-state index contributed by atoms with van der Waals surface area (Å²) in [6.07, 6.45) is 0. The minimum Gasteiger partial charge on any atom is -0.397 e. The molecule has 0 saturated heterocycles. The van der Waals surface area contributed by atoms with Crippen LogP contribution in [0.15, 0.2) is 42.5 Å². The highest BCUT2D eigenvalue weighted by atomic mass is 35.5. The summed E-state index contributed by atoms with van der Waals surface area (Å²) in [5.41, 5.74) is 7.88. The molecule has 0 bridgehead atoms. The Bertz CT molecular complexity index is 537. The first-order chi connectivity index (χ1) is 8.59. The van der Waals surface area contributed by atoms with Gasteiger partial charge in [0.05, 0.1) is 11.4 Å². The van der Waals surface area contributed by atoms with Crippen LogP contribution in [0.1, 0.15) is 5.56 Å². The van der Waals surface area contributed by atoms with E-state index >= 15 is 0 Å². The maximum atomic E-state index is 13.7. The van der Waals surface area contributed by atoms with E-state index in [-0.39, 0.29) is 5.82 Å². The first-order valence-corrected chi connectivity index (χ1v) is 5.96. The lowest BCUT2D eigenvalue weighted by Crippen LogP contribution is -2.18. The summed E-state index contributed by atoms with van der Waals surface area (Å²) in [5.74, 6) is -0.302. The lowest BCUT2D eigenvalue weighted by Gasteiger charge is -2.21. The second kappa shape index (κ2) is 5.27. The van der Waals surface area contributed by atoms with Crippen LogP contribution in [0.25, 0.3) is 0 Å². The minimum absolute atomic E-state index is 0.302. The molecule has 2 aromatic carbocycles. The summed E-state index contributed by atoms with van der Waals surface area (Å²) in [6.45, 7) is 0.375. The molecule has 2 N–H and O–H groups in total. The van der Waals surface area contributed by atoms with Crippen molar-refractivity contribution in [2.45, 2.75) is 6.54 Å². The largest absolute Gasteiger partial charge is 0.397 e. The van der Waals surface area contributed by atoms with Crippen LogP contribution in [0.4, 0.5) is 15.8 Å². The van der Waals surface area contributed by atoms with Gasteiger partial charge in [0, 0.05) is 24.2 Å². The molecule has 0 aliphatic rings. The fourth-order valence-electron chi connectivity index (χ4n) is 1.84. The molecule has 0 radical (unpaired) electrons. The molecule has 18 heavy (non-hydrogen) atoms. The van der Waals surface area contributed by atoms with Gasteiger partial charge in [0.15, 0.2) is 0 Å². The molecule has 0 aliphatic carbocycles. The maximum absolute atomic E-state index is 13.7. The second-order valence-corrected chi connectivity index (χ2v) is 4.52. The molecule has 94 valence electrons. The molecule has 0 aliphatic heterocycles. The first-order valence-electron chi connectivity index (χ1n) is 5.58. The third-order valence-corrected chi connectivity index (χ3v) is 3.16. The Morgan fingerprint density at radius 1 is 1.17 bits per heavy atom. The molecule has 0 spiro atoms. The number of benzene rings is 2. The maximum Gasteiger partial charge on any atom is 0.129 e. The molecule has 0 unspecified atom stereocenters. The van der Waals surface area contributed by atoms with Gasteiger partial charge in [0.1, 0.15) is 5.82 Å². The molecule has 2 nitrogen and oxygen atoms in total. The lowest BCUT2D eigenvalue weighted by atomic mass is 10.2. The average Bonchev–Trinajstić information content (AvgIpc) is 2.34. The molecule has 0 saturated carbocycles. The zero-order valence-electron chi connectivity index (χ0n) is 10.0. The van der Waals surface area contributed by atoms with Gasteiger partial charge in [-0.25, -0.2) is 4.39 Å². The van der Waals surface area contributed by atoms with Crippen molar-refractivity contribution < 1.29 is 4.39 Å². The fourth-order valence-corrected chi connectivity index (χ4v) is 2.06. The number of para-hydroxylation sites is 2. The summed E-state index contributed by atoms with van der Waals surface area (Å²) < 4.78 is 13.7. The predicted octanol–water partition coefficient (Wildman–Crippen LogP) is 3.70. The standard InChI is InChI=1S/C14H14ClFN2/c1-18(14-8-3-2-7-13(14)17)9-10-11(15)5-4-6-12(10)16/h2-8H,9,17H2,1H3. The molecule has 2 rings (SSSR count). The summed E-state index contributed by atoms with van der Waals surface area (Å²) in [7, 11) is 1.86. The quantitative estimate of drug-likeness (QED) is 0.857. The van der Waals surface area contributed by atoms with Crippen molar-refractivity contribution >= 4 is 23.0 Å². The molecule has 0 fully saturated rings. The predicted molar refractivity (Wildman–Crippen MR) is 74.4 cm³/mol. The van der Waals surface area contributed by atoms with Gasteiger partial charge < -0.3 is 10.6 Å². The summed E-state index contributed by atoms with van der Waals surface area (Å²) in [6, 6.07) is 12.1. The van der Waals surface area contributed by atoms with E-state index in [9.17, 15) is 4.39 Å². The Labute approximate surface area is 111 Å². The molecule has 2 aromatic rings. The van der Waals surface area contributed by atoms with Gasteiger partial charge in [-0.2, -0.15) is 0 Å². The summed E-state index contributed by atoms with van der Waals surface area (Å²) in [4.78, 5) is 1.87. The van der Waals surface area contributed by atoms with E-state index in [1.807, 2.05) is 36.2 Å². The Balaban J connectivity index is 2.27. The number of rotatable bonds is 3. The topological polar surface area (TPSA) is 29.3 Å². The lowest BCUT2D eigenvalue weighted by molar-refractivity contribution is 0.608. The van der Waals surface area contributed by atoms with Gasteiger partial charge in [-0.3, -0.25) is 0 Å². The normalized spacial score (nSPS) is 10.4. The van der Waals surface area contributed by atoms with E-state index in [4.69, 9.17) is 17.3 Å². The van der Waals surface area contributed by atoms with Crippen molar-refractivity contribution in [1.29, 1.82) is 0 Å². The molecular weight excluding hydrogens is 251 g/mol. The van der Waals surface area contributed by atoms with Crippen molar-refractivity contribution in [3.8, 4) is 0 Å². The number of nitrogen functional groups attached to an aromatic ring is 1. The molecule has 0 heterocycles. The number of nitrogens with two attached hydrogens (primary N) is 1.